The Morgan fingerprint density at radius 1 is 1.31 bits per heavy atom. The van der Waals surface area contributed by atoms with Gasteiger partial charge in [-0.05, 0) is 38.1 Å². The quantitative estimate of drug-likeness (QED) is 0.727. The summed E-state index contributed by atoms with van der Waals surface area (Å²) in [6, 6.07) is 7.28. The van der Waals surface area contributed by atoms with Crippen LogP contribution < -0.4 is 10.6 Å². The fourth-order valence-electron chi connectivity index (χ4n) is 3.11. The van der Waals surface area contributed by atoms with Crippen LogP contribution in [0.25, 0.3) is 11.0 Å². The molecule has 4 rings (SSSR count). The van der Waals surface area contributed by atoms with E-state index in [0.29, 0.717) is 22.7 Å². The Bertz CT molecular complexity index is 1070. The lowest BCUT2D eigenvalue weighted by molar-refractivity contribution is -0.113. The number of carbonyl (C=O) groups is 2. The summed E-state index contributed by atoms with van der Waals surface area (Å²) >= 11 is 1.49. The van der Waals surface area contributed by atoms with Crippen LogP contribution in [0.3, 0.4) is 0 Å². The Morgan fingerprint density at radius 3 is 2.92 bits per heavy atom. The Kier molecular flexibility index (Phi) is 3.91. The van der Waals surface area contributed by atoms with Crippen molar-refractivity contribution >= 4 is 46.0 Å². The van der Waals surface area contributed by atoms with E-state index in [9.17, 15) is 9.59 Å². The number of aryl methyl sites for hydroxylation is 3. The molecule has 0 fully saturated rings. The van der Waals surface area contributed by atoms with E-state index >= 15 is 0 Å². The van der Waals surface area contributed by atoms with Crippen molar-refractivity contribution in [2.45, 2.75) is 18.7 Å². The number of rotatable bonds is 2. The number of benzene rings is 1. The van der Waals surface area contributed by atoms with Crippen LogP contribution >= 0.6 is 11.8 Å². The van der Waals surface area contributed by atoms with Gasteiger partial charge in [-0.3, -0.25) is 14.3 Å². The normalized spacial score (nSPS) is 13.4. The number of aromatic nitrogens is 3. The smallest absolute Gasteiger partial charge is 0.256 e. The van der Waals surface area contributed by atoms with Gasteiger partial charge in [0.15, 0.2) is 5.65 Å². The molecule has 0 saturated carbocycles. The molecule has 2 amide bonds. The molecule has 0 bridgehead atoms. The molecule has 26 heavy (non-hydrogen) atoms. The summed E-state index contributed by atoms with van der Waals surface area (Å²) in [5.74, 6) is 0.141. The van der Waals surface area contributed by atoms with Crippen LogP contribution in [-0.4, -0.2) is 32.3 Å². The van der Waals surface area contributed by atoms with Crippen molar-refractivity contribution in [2.75, 3.05) is 16.4 Å². The van der Waals surface area contributed by atoms with E-state index in [1.807, 2.05) is 33.0 Å². The van der Waals surface area contributed by atoms with Crippen molar-refractivity contribution in [3.05, 3.63) is 41.2 Å². The molecule has 0 radical (unpaired) electrons. The third-order valence-corrected chi connectivity index (χ3v) is 5.29. The number of fused-ring (bicyclic) bond motifs is 2. The van der Waals surface area contributed by atoms with Gasteiger partial charge in [-0.2, -0.15) is 5.10 Å². The van der Waals surface area contributed by atoms with Gasteiger partial charge >= 0.3 is 0 Å². The predicted octanol–water partition coefficient (Wildman–Crippen LogP) is 2.88. The fourth-order valence-corrected chi connectivity index (χ4v) is 3.90. The maximum absolute atomic E-state index is 12.9. The number of anilines is 2. The lowest BCUT2D eigenvalue weighted by atomic mass is 10.1. The second kappa shape index (κ2) is 6.14. The zero-order chi connectivity index (χ0) is 18.4. The summed E-state index contributed by atoms with van der Waals surface area (Å²) in [4.78, 5) is 30.0. The van der Waals surface area contributed by atoms with Crippen LogP contribution in [0.4, 0.5) is 11.4 Å². The summed E-state index contributed by atoms with van der Waals surface area (Å²) in [7, 11) is 1.81. The van der Waals surface area contributed by atoms with Crippen molar-refractivity contribution in [3.63, 3.8) is 0 Å². The molecule has 2 aromatic heterocycles. The van der Waals surface area contributed by atoms with Crippen LogP contribution in [0.5, 0.6) is 0 Å². The maximum atomic E-state index is 12.9. The first-order chi connectivity index (χ1) is 12.4. The highest BCUT2D eigenvalue weighted by molar-refractivity contribution is 8.00. The third-order valence-electron chi connectivity index (χ3n) is 4.21. The van der Waals surface area contributed by atoms with Gasteiger partial charge in [0.25, 0.3) is 5.91 Å². The van der Waals surface area contributed by atoms with Gasteiger partial charge < -0.3 is 10.6 Å². The number of hydrogen-bond acceptors (Lipinski definition) is 5. The summed E-state index contributed by atoms with van der Waals surface area (Å²) in [6.07, 6.45) is 0. The number of hydrogen-bond donors (Lipinski definition) is 2. The van der Waals surface area contributed by atoms with Crippen molar-refractivity contribution in [3.8, 4) is 0 Å². The van der Waals surface area contributed by atoms with E-state index < -0.39 is 0 Å². The molecule has 132 valence electrons. The number of amides is 2. The Hall–Kier alpha value is -2.87. The number of nitrogens with one attached hydrogen (secondary N) is 2. The number of pyridine rings is 1. The van der Waals surface area contributed by atoms with E-state index in [1.54, 1.807) is 16.8 Å². The van der Waals surface area contributed by atoms with E-state index in [1.165, 1.54) is 11.8 Å². The first-order valence-corrected chi connectivity index (χ1v) is 9.10. The fraction of sp³-hybridized carbons (Fsp3) is 0.222. The van der Waals surface area contributed by atoms with Gasteiger partial charge in [-0.1, -0.05) is 0 Å². The van der Waals surface area contributed by atoms with Crippen molar-refractivity contribution in [1.82, 2.24) is 14.8 Å². The SMILES string of the molecule is Cc1cc(C(=O)Nc2ccc3c(c2)NC(=O)CS3)c2c(C)nn(C)c2n1. The summed E-state index contributed by atoms with van der Waals surface area (Å²) in [6.45, 7) is 3.71. The van der Waals surface area contributed by atoms with Gasteiger partial charge in [0.2, 0.25) is 5.91 Å². The van der Waals surface area contributed by atoms with E-state index in [4.69, 9.17) is 0 Å². The molecule has 0 spiro atoms. The molecule has 8 heteroatoms. The van der Waals surface area contributed by atoms with Gasteiger partial charge in [0, 0.05) is 23.3 Å². The molecule has 1 aromatic carbocycles. The Balaban J connectivity index is 1.70. The zero-order valence-electron chi connectivity index (χ0n) is 14.6. The highest BCUT2D eigenvalue weighted by Gasteiger charge is 2.19. The summed E-state index contributed by atoms with van der Waals surface area (Å²) < 4.78 is 1.68. The largest absolute Gasteiger partial charge is 0.324 e. The molecule has 3 aromatic rings. The average molecular weight is 367 g/mol. The molecule has 0 aliphatic carbocycles. The second-order valence-electron chi connectivity index (χ2n) is 6.22. The van der Waals surface area contributed by atoms with E-state index in [-0.39, 0.29) is 11.8 Å². The molecule has 2 N–H and O–H groups in total. The predicted molar refractivity (Wildman–Crippen MR) is 102 cm³/mol. The number of nitrogens with zero attached hydrogens (tertiary/aromatic N) is 3. The molecular formula is C18H17N5O2S. The third kappa shape index (κ3) is 2.82. The van der Waals surface area contributed by atoms with Crippen molar-refractivity contribution in [2.24, 2.45) is 7.05 Å². The zero-order valence-corrected chi connectivity index (χ0v) is 15.4. The summed E-state index contributed by atoms with van der Waals surface area (Å²) in [5, 5.41) is 10.9. The van der Waals surface area contributed by atoms with E-state index in [2.05, 4.69) is 20.7 Å². The molecule has 7 nitrogen and oxygen atoms in total. The monoisotopic (exact) mass is 367 g/mol. The number of carbonyl (C=O) groups excluding carboxylic acids is 2. The second-order valence-corrected chi connectivity index (χ2v) is 7.24. The van der Waals surface area contributed by atoms with Crippen LogP contribution in [0, 0.1) is 13.8 Å². The molecule has 0 atom stereocenters. The van der Waals surface area contributed by atoms with Gasteiger partial charge in [0.1, 0.15) is 0 Å². The molecular weight excluding hydrogens is 350 g/mol. The van der Waals surface area contributed by atoms with Crippen molar-refractivity contribution < 1.29 is 9.59 Å². The van der Waals surface area contributed by atoms with Gasteiger partial charge in [-0.25, -0.2) is 4.98 Å². The topological polar surface area (TPSA) is 88.9 Å². The van der Waals surface area contributed by atoms with Gasteiger partial charge in [-0.15, -0.1) is 11.8 Å². The highest BCUT2D eigenvalue weighted by Crippen LogP contribution is 2.33. The van der Waals surface area contributed by atoms with Gasteiger partial charge in [0.05, 0.1) is 28.1 Å². The van der Waals surface area contributed by atoms with E-state index in [0.717, 1.165) is 27.4 Å². The number of thioether (sulfide) groups is 1. The Morgan fingerprint density at radius 2 is 2.12 bits per heavy atom. The lowest BCUT2D eigenvalue weighted by Gasteiger charge is -2.17. The first kappa shape index (κ1) is 16.6. The molecule has 0 saturated heterocycles. The molecule has 1 aliphatic heterocycles. The van der Waals surface area contributed by atoms with Crippen LogP contribution in [0.2, 0.25) is 0 Å². The maximum Gasteiger partial charge on any atom is 0.256 e. The Labute approximate surface area is 154 Å². The molecule has 0 unspecified atom stereocenters. The average Bonchev–Trinajstić information content (AvgIpc) is 2.87. The van der Waals surface area contributed by atoms with Crippen LogP contribution in [-0.2, 0) is 11.8 Å². The minimum Gasteiger partial charge on any atom is -0.324 e. The van der Waals surface area contributed by atoms with Crippen LogP contribution in [0.1, 0.15) is 21.7 Å². The summed E-state index contributed by atoms with van der Waals surface area (Å²) in [5.41, 5.74) is 4.07. The van der Waals surface area contributed by atoms with Crippen molar-refractivity contribution in [1.29, 1.82) is 0 Å². The molecule has 1 aliphatic rings. The first-order valence-electron chi connectivity index (χ1n) is 8.11. The van der Waals surface area contributed by atoms with Crippen LogP contribution in [0.15, 0.2) is 29.2 Å². The lowest BCUT2D eigenvalue weighted by Crippen LogP contribution is -2.19. The highest BCUT2D eigenvalue weighted by atomic mass is 32.2. The standard InChI is InChI=1S/C18H17N5O2S/c1-9-6-12(16-10(2)22-23(3)17(16)19-9)18(25)20-11-4-5-14-13(7-11)21-15(24)8-26-14/h4-7H,8H2,1-3H3,(H,20,25)(H,21,24). The molecule has 3 heterocycles. The minimum atomic E-state index is -0.230. The minimum absolute atomic E-state index is 0.0385.